The Morgan fingerprint density at radius 1 is 1.33 bits per heavy atom. The summed E-state index contributed by atoms with van der Waals surface area (Å²) in [5, 5.41) is 3.75. The fourth-order valence-electron chi connectivity index (χ4n) is 2.71. The zero-order chi connectivity index (χ0) is 10.5. The van der Waals surface area contributed by atoms with E-state index in [4.69, 9.17) is 0 Å². The number of hydrogen-bond acceptors (Lipinski definition) is 2. The predicted molar refractivity (Wildman–Crippen MR) is 65.0 cm³/mol. The van der Waals surface area contributed by atoms with Crippen LogP contribution in [0.15, 0.2) is 12.2 Å². The Hall–Kier alpha value is -0.340. The molecule has 0 aromatic carbocycles. The Morgan fingerprint density at radius 3 is 3.00 bits per heavy atom. The second-order valence-corrected chi connectivity index (χ2v) is 5.16. The SMILES string of the molecule is CN1CCCC(NCC2CC=CCC2)C1. The lowest BCUT2D eigenvalue weighted by molar-refractivity contribution is 0.220. The van der Waals surface area contributed by atoms with E-state index in [1.807, 2.05) is 0 Å². The third kappa shape index (κ3) is 3.62. The third-order valence-electron chi connectivity index (χ3n) is 3.70. The zero-order valence-corrected chi connectivity index (χ0v) is 9.91. The molecular weight excluding hydrogens is 184 g/mol. The molecule has 0 radical (unpaired) electrons. The normalized spacial score (nSPS) is 33.1. The molecule has 2 atom stereocenters. The van der Waals surface area contributed by atoms with Crippen molar-refractivity contribution in [2.45, 2.75) is 38.1 Å². The van der Waals surface area contributed by atoms with Gasteiger partial charge in [0.05, 0.1) is 0 Å². The smallest absolute Gasteiger partial charge is 0.0195 e. The molecule has 1 aliphatic carbocycles. The van der Waals surface area contributed by atoms with E-state index in [9.17, 15) is 0 Å². The van der Waals surface area contributed by atoms with Crippen molar-refractivity contribution < 1.29 is 0 Å². The fourth-order valence-corrected chi connectivity index (χ4v) is 2.71. The second kappa shape index (κ2) is 5.66. The van der Waals surface area contributed by atoms with Crippen LogP contribution in [0.4, 0.5) is 0 Å². The largest absolute Gasteiger partial charge is 0.312 e. The van der Waals surface area contributed by atoms with Crippen molar-refractivity contribution in [3.8, 4) is 0 Å². The van der Waals surface area contributed by atoms with Crippen LogP contribution in [0, 0.1) is 5.92 Å². The molecule has 1 N–H and O–H groups in total. The predicted octanol–water partition coefficient (Wildman–Crippen LogP) is 2.03. The number of nitrogens with zero attached hydrogens (tertiary/aromatic N) is 1. The molecular formula is C13H24N2. The maximum atomic E-state index is 3.75. The Balaban J connectivity index is 1.66. The van der Waals surface area contributed by atoms with Gasteiger partial charge in [-0.25, -0.2) is 0 Å². The summed E-state index contributed by atoms with van der Waals surface area (Å²) in [6, 6.07) is 0.745. The molecule has 15 heavy (non-hydrogen) atoms. The summed E-state index contributed by atoms with van der Waals surface area (Å²) in [6.07, 6.45) is 11.4. The summed E-state index contributed by atoms with van der Waals surface area (Å²) in [7, 11) is 2.23. The van der Waals surface area contributed by atoms with Crippen LogP contribution >= 0.6 is 0 Å². The number of likely N-dealkylation sites (tertiary alicyclic amines) is 1. The molecule has 1 fully saturated rings. The minimum absolute atomic E-state index is 0.745. The number of nitrogens with one attached hydrogen (secondary N) is 1. The standard InChI is InChI=1S/C13H24N2/c1-15-9-5-8-13(11-15)14-10-12-6-3-2-4-7-12/h2-3,12-14H,4-11H2,1H3. The molecule has 2 nitrogen and oxygen atoms in total. The summed E-state index contributed by atoms with van der Waals surface area (Å²) in [5.41, 5.74) is 0. The Labute approximate surface area is 93.7 Å². The molecule has 2 rings (SSSR count). The highest BCUT2D eigenvalue weighted by Gasteiger charge is 2.18. The van der Waals surface area contributed by atoms with Gasteiger partial charge in [0.2, 0.25) is 0 Å². The van der Waals surface area contributed by atoms with E-state index < -0.39 is 0 Å². The van der Waals surface area contributed by atoms with Gasteiger partial charge >= 0.3 is 0 Å². The highest BCUT2D eigenvalue weighted by molar-refractivity contribution is 4.91. The van der Waals surface area contributed by atoms with E-state index in [0.29, 0.717) is 0 Å². The van der Waals surface area contributed by atoms with Crippen LogP contribution in [-0.2, 0) is 0 Å². The van der Waals surface area contributed by atoms with Gasteiger partial charge in [0.1, 0.15) is 0 Å². The Morgan fingerprint density at radius 2 is 2.27 bits per heavy atom. The molecule has 2 heteroatoms. The van der Waals surface area contributed by atoms with Crippen LogP contribution in [0.2, 0.25) is 0 Å². The quantitative estimate of drug-likeness (QED) is 0.714. The average molecular weight is 208 g/mol. The summed E-state index contributed by atoms with van der Waals surface area (Å²) in [5.74, 6) is 0.891. The topological polar surface area (TPSA) is 15.3 Å². The lowest BCUT2D eigenvalue weighted by atomic mass is 9.94. The van der Waals surface area contributed by atoms with Crippen molar-refractivity contribution >= 4 is 0 Å². The number of rotatable bonds is 3. The van der Waals surface area contributed by atoms with E-state index >= 15 is 0 Å². The van der Waals surface area contributed by atoms with Gasteiger partial charge in [-0.2, -0.15) is 0 Å². The van der Waals surface area contributed by atoms with Crippen LogP contribution in [0.5, 0.6) is 0 Å². The lowest BCUT2D eigenvalue weighted by Crippen LogP contribution is -2.45. The highest BCUT2D eigenvalue weighted by Crippen LogP contribution is 2.17. The van der Waals surface area contributed by atoms with Crippen molar-refractivity contribution in [3.63, 3.8) is 0 Å². The van der Waals surface area contributed by atoms with E-state index in [2.05, 4.69) is 29.4 Å². The van der Waals surface area contributed by atoms with Crippen LogP contribution in [0.25, 0.3) is 0 Å². The van der Waals surface area contributed by atoms with Gasteiger partial charge in [0.25, 0.3) is 0 Å². The van der Waals surface area contributed by atoms with Crippen LogP contribution in [0.1, 0.15) is 32.1 Å². The van der Waals surface area contributed by atoms with Gasteiger partial charge in [-0.05, 0) is 58.2 Å². The average Bonchev–Trinajstić information content (AvgIpc) is 2.28. The molecule has 0 bridgehead atoms. The minimum Gasteiger partial charge on any atom is -0.312 e. The van der Waals surface area contributed by atoms with Gasteiger partial charge in [0.15, 0.2) is 0 Å². The first-order valence-corrected chi connectivity index (χ1v) is 6.41. The molecule has 1 heterocycles. The van der Waals surface area contributed by atoms with Crippen molar-refractivity contribution in [2.75, 3.05) is 26.7 Å². The van der Waals surface area contributed by atoms with Gasteiger partial charge in [-0.3, -0.25) is 0 Å². The molecule has 0 aromatic heterocycles. The van der Waals surface area contributed by atoms with Crippen molar-refractivity contribution in [3.05, 3.63) is 12.2 Å². The monoisotopic (exact) mass is 208 g/mol. The second-order valence-electron chi connectivity index (χ2n) is 5.16. The minimum atomic E-state index is 0.745. The maximum absolute atomic E-state index is 3.75. The first-order valence-electron chi connectivity index (χ1n) is 6.41. The fraction of sp³-hybridized carbons (Fsp3) is 0.846. The summed E-state index contributed by atoms with van der Waals surface area (Å²) in [4.78, 5) is 2.45. The number of likely N-dealkylation sites (N-methyl/N-ethyl adjacent to an activating group) is 1. The Bertz CT molecular complexity index is 213. The Kier molecular flexibility index (Phi) is 4.21. The molecule has 1 aliphatic heterocycles. The van der Waals surface area contributed by atoms with Crippen LogP contribution < -0.4 is 5.32 Å². The van der Waals surface area contributed by atoms with Gasteiger partial charge < -0.3 is 10.2 Å². The van der Waals surface area contributed by atoms with Crippen LogP contribution in [0.3, 0.4) is 0 Å². The van der Waals surface area contributed by atoms with E-state index in [0.717, 1.165) is 12.0 Å². The molecule has 0 aromatic rings. The molecule has 0 saturated carbocycles. The number of hydrogen-bond donors (Lipinski definition) is 1. The summed E-state index contributed by atoms with van der Waals surface area (Å²) >= 11 is 0. The van der Waals surface area contributed by atoms with Crippen LogP contribution in [-0.4, -0.2) is 37.6 Å². The van der Waals surface area contributed by atoms with Gasteiger partial charge in [-0.15, -0.1) is 0 Å². The lowest BCUT2D eigenvalue weighted by Gasteiger charge is -2.31. The van der Waals surface area contributed by atoms with E-state index in [1.165, 1.54) is 51.7 Å². The summed E-state index contributed by atoms with van der Waals surface area (Å²) < 4.78 is 0. The highest BCUT2D eigenvalue weighted by atomic mass is 15.1. The van der Waals surface area contributed by atoms with E-state index in [-0.39, 0.29) is 0 Å². The number of allylic oxidation sites excluding steroid dienone is 2. The molecule has 2 unspecified atom stereocenters. The zero-order valence-electron chi connectivity index (χ0n) is 9.91. The first kappa shape index (κ1) is 11.2. The third-order valence-corrected chi connectivity index (χ3v) is 3.70. The van der Waals surface area contributed by atoms with Crippen molar-refractivity contribution in [2.24, 2.45) is 5.92 Å². The maximum Gasteiger partial charge on any atom is 0.0195 e. The van der Waals surface area contributed by atoms with Crippen molar-refractivity contribution in [1.29, 1.82) is 0 Å². The number of piperidine rings is 1. The van der Waals surface area contributed by atoms with Crippen molar-refractivity contribution in [1.82, 2.24) is 10.2 Å². The molecule has 0 spiro atoms. The van der Waals surface area contributed by atoms with E-state index in [1.54, 1.807) is 0 Å². The molecule has 86 valence electrons. The molecule has 1 saturated heterocycles. The molecule has 0 amide bonds. The van der Waals surface area contributed by atoms with Gasteiger partial charge in [0, 0.05) is 12.6 Å². The molecule has 2 aliphatic rings. The van der Waals surface area contributed by atoms with Gasteiger partial charge in [-0.1, -0.05) is 12.2 Å². The first-order chi connectivity index (χ1) is 7.34. The summed E-state index contributed by atoms with van der Waals surface area (Å²) in [6.45, 7) is 3.75.